The molecule has 166 valence electrons. The van der Waals surface area contributed by atoms with Crippen molar-refractivity contribution >= 4 is 33.8 Å². The number of fused-ring (bicyclic) bond motifs is 1. The van der Waals surface area contributed by atoms with Crippen LogP contribution in [-0.4, -0.2) is 33.5 Å². The molecule has 0 aliphatic heterocycles. The Hall–Kier alpha value is -2.12. The second kappa shape index (κ2) is 11.9. The number of benzene rings is 2. The van der Waals surface area contributed by atoms with Gasteiger partial charge in [0, 0.05) is 13.1 Å². The average molecular weight is 435 g/mol. The molecule has 1 unspecified atom stereocenters. The third-order valence-electron chi connectivity index (χ3n) is 4.67. The summed E-state index contributed by atoms with van der Waals surface area (Å²) in [5.41, 5.74) is 0.297. The summed E-state index contributed by atoms with van der Waals surface area (Å²) in [6, 6.07) is 13.8. The molecule has 7 heteroatoms. The molecule has 0 saturated carbocycles. The number of carbonyl (C=O) groups is 1. The topological polar surface area (TPSA) is 78.9 Å². The van der Waals surface area contributed by atoms with Crippen LogP contribution in [0.3, 0.4) is 0 Å². The van der Waals surface area contributed by atoms with Gasteiger partial charge >= 0.3 is 6.09 Å². The van der Waals surface area contributed by atoms with Crippen LogP contribution in [-0.2, 0) is 16.0 Å². The van der Waals surface area contributed by atoms with E-state index in [1.54, 1.807) is 0 Å². The third kappa shape index (κ3) is 8.71. The second-order valence-corrected chi connectivity index (χ2v) is 9.32. The van der Waals surface area contributed by atoms with Crippen molar-refractivity contribution in [1.29, 1.82) is 0 Å². The lowest BCUT2D eigenvalue weighted by molar-refractivity contribution is 0.0527. The van der Waals surface area contributed by atoms with Crippen molar-refractivity contribution in [2.45, 2.75) is 64.9 Å². The van der Waals surface area contributed by atoms with Gasteiger partial charge in [-0.1, -0.05) is 56.0 Å². The quantitative estimate of drug-likeness (QED) is 0.354. The van der Waals surface area contributed by atoms with Gasteiger partial charge in [0.15, 0.2) is 0 Å². The lowest BCUT2D eigenvalue weighted by Gasteiger charge is -2.20. The van der Waals surface area contributed by atoms with Crippen molar-refractivity contribution in [1.82, 2.24) is 5.32 Å². The van der Waals surface area contributed by atoms with Crippen LogP contribution in [0.1, 0.15) is 59.3 Å². The van der Waals surface area contributed by atoms with E-state index in [2.05, 4.69) is 5.32 Å². The van der Waals surface area contributed by atoms with Gasteiger partial charge in [0.05, 0.1) is 5.69 Å². The van der Waals surface area contributed by atoms with Gasteiger partial charge in [-0.2, -0.15) is 0 Å². The highest BCUT2D eigenvalue weighted by atomic mass is 32.2. The van der Waals surface area contributed by atoms with Gasteiger partial charge in [-0.05, 0) is 56.5 Å². The minimum atomic E-state index is -2.04. The van der Waals surface area contributed by atoms with Crippen molar-refractivity contribution in [2.75, 3.05) is 17.4 Å². The van der Waals surface area contributed by atoms with Crippen LogP contribution in [0.4, 0.5) is 10.5 Å². The zero-order valence-corrected chi connectivity index (χ0v) is 19.0. The first-order chi connectivity index (χ1) is 14.3. The van der Waals surface area contributed by atoms with Crippen LogP contribution in [0.15, 0.2) is 42.5 Å². The second-order valence-electron chi connectivity index (χ2n) is 8.41. The van der Waals surface area contributed by atoms with Crippen LogP contribution in [0.5, 0.6) is 0 Å². The van der Waals surface area contributed by atoms with Crippen molar-refractivity contribution in [3.63, 3.8) is 0 Å². The summed E-state index contributed by atoms with van der Waals surface area (Å²) in [4.78, 5) is 11.6. The molecule has 2 N–H and O–H groups in total. The molecule has 0 aromatic heterocycles. The third-order valence-corrected chi connectivity index (χ3v) is 5.44. The fourth-order valence-electron chi connectivity index (χ4n) is 3.22. The first-order valence-electron chi connectivity index (χ1n) is 10.6. The Labute approximate surface area is 182 Å². The molecule has 1 atom stereocenters. The Morgan fingerprint density at radius 1 is 1.00 bits per heavy atom. The summed E-state index contributed by atoms with van der Waals surface area (Å²) in [5, 5.41) is 4.95. The Morgan fingerprint density at radius 2 is 1.63 bits per heavy atom. The van der Waals surface area contributed by atoms with E-state index in [1.165, 1.54) is 4.31 Å². The summed E-state index contributed by atoms with van der Waals surface area (Å²) in [6.45, 7) is 6.70. The smallest absolute Gasteiger partial charge is 0.407 e. The normalized spacial score (nSPS) is 12.5. The maximum atomic E-state index is 11.8. The van der Waals surface area contributed by atoms with Gasteiger partial charge < -0.3 is 10.1 Å². The molecule has 2 aromatic carbocycles. The van der Waals surface area contributed by atoms with E-state index in [1.807, 2.05) is 63.2 Å². The van der Waals surface area contributed by atoms with Crippen molar-refractivity contribution in [3.05, 3.63) is 42.5 Å². The predicted octanol–water partition coefficient (Wildman–Crippen LogP) is 5.65. The molecule has 30 heavy (non-hydrogen) atoms. The number of ether oxygens (including phenoxy) is 1. The highest BCUT2D eigenvalue weighted by Crippen LogP contribution is 2.23. The molecule has 0 spiro atoms. The maximum absolute atomic E-state index is 11.8. The fourth-order valence-corrected chi connectivity index (χ4v) is 3.80. The molecule has 6 nitrogen and oxygen atoms in total. The molecular weight excluding hydrogens is 400 g/mol. The lowest BCUT2D eigenvalue weighted by Crippen LogP contribution is -2.32. The number of nitrogens with zero attached hydrogens (tertiary/aromatic N) is 1. The molecule has 0 heterocycles. The number of rotatable bonds is 11. The SMILES string of the molecule is CC(C)(C)OC(=O)NCCCCCCCCN(c1ccc2ccccc2c1)S(=O)O. The Balaban J connectivity index is 1.63. The maximum Gasteiger partial charge on any atom is 0.407 e. The first kappa shape index (κ1) is 24.2. The van der Waals surface area contributed by atoms with Gasteiger partial charge in [0.1, 0.15) is 5.60 Å². The molecule has 0 bridgehead atoms. The first-order valence-corrected chi connectivity index (χ1v) is 11.7. The van der Waals surface area contributed by atoms with Gasteiger partial charge in [-0.3, -0.25) is 8.86 Å². The van der Waals surface area contributed by atoms with E-state index in [0.717, 1.165) is 55.0 Å². The minimum Gasteiger partial charge on any atom is -0.444 e. The number of anilines is 1. The number of nitrogens with one attached hydrogen (secondary N) is 1. The van der Waals surface area contributed by atoms with Crippen molar-refractivity contribution < 1.29 is 18.3 Å². The number of carbonyl (C=O) groups excluding carboxylic acids is 1. The molecular formula is C23H34N2O4S. The van der Waals surface area contributed by atoms with Crippen LogP contribution in [0.2, 0.25) is 0 Å². The monoisotopic (exact) mass is 434 g/mol. The minimum absolute atomic E-state index is 0.367. The summed E-state index contributed by atoms with van der Waals surface area (Å²) < 4.78 is 28.3. The number of amides is 1. The van der Waals surface area contributed by atoms with Gasteiger partial charge in [-0.15, -0.1) is 0 Å². The van der Waals surface area contributed by atoms with E-state index in [-0.39, 0.29) is 6.09 Å². The highest BCUT2D eigenvalue weighted by molar-refractivity contribution is 7.80. The lowest BCUT2D eigenvalue weighted by atomic mass is 10.1. The van der Waals surface area contributed by atoms with E-state index < -0.39 is 16.9 Å². The standard InChI is InChI=1S/C23H34N2O4S/c1-23(2,3)29-22(26)24-16-10-6-4-5-7-11-17-25(30(27)28)21-15-14-19-12-8-9-13-20(19)18-21/h8-9,12-15,18H,4-7,10-11,16-17H2,1-3H3,(H,24,26)(H,27,28). The highest BCUT2D eigenvalue weighted by Gasteiger charge is 2.15. The molecule has 0 fully saturated rings. The molecule has 2 aromatic rings. The Bertz CT molecular complexity index is 835. The number of hydrogen-bond donors (Lipinski definition) is 2. The van der Waals surface area contributed by atoms with Crippen LogP contribution in [0.25, 0.3) is 10.8 Å². The molecule has 0 radical (unpaired) electrons. The number of unbranched alkanes of at least 4 members (excludes halogenated alkanes) is 5. The molecule has 0 aliphatic rings. The van der Waals surface area contributed by atoms with Gasteiger partial charge in [0.25, 0.3) is 11.3 Å². The largest absolute Gasteiger partial charge is 0.444 e. The summed E-state index contributed by atoms with van der Waals surface area (Å²) >= 11 is -2.04. The van der Waals surface area contributed by atoms with Crippen LogP contribution >= 0.6 is 0 Å². The summed E-state index contributed by atoms with van der Waals surface area (Å²) in [6.07, 6.45) is 5.59. The van der Waals surface area contributed by atoms with Crippen molar-refractivity contribution in [3.8, 4) is 0 Å². The summed E-state index contributed by atoms with van der Waals surface area (Å²) in [5.74, 6) is 0. The zero-order chi connectivity index (χ0) is 22.0. The van der Waals surface area contributed by atoms with E-state index in [9.17, 15) is 13.6 Å². The Kier molecular flexibility index (Phi) is 9.59. The molecule has 0 saturated heterocycles. The number of hydrogen-bond acceptors (Lipinski definition) is 3. The van der Waals surface area contributed by atoms with Crippen LogP contribution in [0, 0.1) is 0 Å². The van der Waals surface area contributed by atoms with E-state index in [0.29, 0.717) is 13.1 Å². The van der Waals surface area contributed by atoms with E-state index >= 15 is 0 Å². The van der Waals surface area contributed by atoms with Gasteiger partial charge in [-0.25, -0.2) is 9.00 Å². The van der Waals surface area contributed by atoms with Crippen molar-refractivity contribution in [2.24, 2.45) is 0 Å². The molecule has 1 amide bonds. The van der Waals surface area contributed by atoms with Gasteiger partial charge in [0.2, 0.25) is 0 Å². The molecule has 0 aliphatic carbocycles. The number of alkyl carbamates (subject to hydrolysis) is 1. The van der Waals surface area contributed by atoms with Crippen LogP contribution < -0.4 is 9.62 Å². The summed E-state index contributed by atoms with van der Waals surface area (Å²) in [7, 11) is 0. The molecule has 2 rings (SSSR count). The Morgan fingerprint density at radius 3 is 2.30 bits per heavy atom. The zero-order valence-electron chi connectivity index (χ0n) is 18.2. The predicted molar refractivity (Wildman–Crippen MR) is 124 cm³/mol. The average Bonchev–Trinajstić information content (AvgIpc) is 2.67. The van der Waals surface area contributed by atoms with E-state index in [4.69, 9.17) is 4.74 Å². The fraction of sp³-hybridized carbons (Fsp3) is 0.522.